The number of hydrogen-bond donors (Lipinski definition) is 1. The minimum Gasteiger partial charge on any atom is -0.478 e. The summed E-state index contributed by atoms with van der Waals surface area (Å²) in [4.78, 5) is 22.2. The second-order valence-electron chi connectivity index (χ2n) is 3.59. The van der Waals surface area contributed by atoms with Crippen LogP contribution in [-0.4, -0.2) is 30.3 Å². The number of rotatable bonds is 2. The lowest BCUT2D eigenvalue weighted by molar-refractivity contribution is -0.147. The molecule has 0 aliphatic carbocycles. The zero-order valence-electron chi connectivity index (χ0n) is 8.90. The third-order valence-electron chi connectivity index (χ3n) is 2.50. The summed E-state index contributed by atoms with van der Waals surface area (Å²) in [7, 11) is 1.28. The summed E-state index contributed by atoms with van der Waals surface area (Å²) in [5.41, 5.74) is 0.844. The van der Waals surface area contributed by atoms with Crippen molar-refractivity contribution in [3.63, 3.8) is 0 Å². The van der Waals surface area contributed by atoms with Crippen LogP contribution in [0.2, 0.25) is 0 Å². The number of aromatic carboxylic acids is 1. The molecule has 0 radical (unpaired) electrons. The van der Waals surface area contributed by atoms with E-state index in [1.165, 1.54) is 19.2 Å². The maximum absolute atomic E-state index is 11.3. The van der Waals surface area contributed by atoms with E-state index in [1.54, 1.807) is 0 Å². The van der Waals surface area contributed by atoms with E-state index < -0.39 is 18.0 Å². The van der Waals surface area contributed by atoms with E-state index in [0.29, 0.717) is 22.2 Å². The SMILES string of the molecule is COC(=O)C1Cc2cc(C(=O)O)cc(Br)c2O1. The Kier molecular flexibility index (Phi) is 3.06. The van der Waals surface area contributed by atoms with Gasteiger partial charge in [-0.3, -0.25) is 0 Å². The number of fused-ring (bicyclic) bond motifs is 1. The number of methoxy groups -OCH3 is 1. The smallest absolute Gasteiger partial charge is 0.347 e. The molecular formula is C11H9BrO5. The van der Waals surface area contributed by atoms with Gasteiger partial charge in [-0.15, -0.1) is 0 Å². The lowest BCUT2D eigenvalue weighted by Gasteiger charge is -2.08. The van der Waals surface area contributed by atoms with E-state index in [0.717, 1.165) is 0 Å². The molecule has 1 aromatic rings. The maximum Gasteiger partial charge on any atom is 0.347 e. The van der Waals surface area contributed by atoms with Gasteiger partial charge in [-0.2, -0.15) is 0 Å². The Morgan fingerprint density at radius 2 is 2.24 bits per heavy atom. The molecule has 1 aromatic carbocycles. The van der Waals surface area contributed by atoms with Crippen LogP contribution in [0.4, 0.5) is 0 Å². The van der Waals surface area contributed by atoms with E-state index in [4.69, 9.17) is 9.84 Å². The normalized spacial score (nSPS) is 17.2. The Hall–Kier alpha value is -1.56. The molecule has 17 heavy (non-hydrogen) atoms. The summed E-state index contributed by atoms with van der Waals surface area (Å²) < 4.78 is 10.5. The third-order valence-corrected chi connectivity index (χ3v) is 3.09. The fraction of sp³-hybridized carbons (Fsp3) is 0.273. The van der Waals surface area contributed by atoms with Crippen molar-refractivity contribution >= 4 is 27.9 Å². The summed E-state index contributed by atoms with van der Waals surface area (Å²) in [6.07, 6.45) is -0.378. The average molecular weight is 301 g/mol. The fourth-order valence-electron chi connectivity index (χ4n) is 1.70. The number of carbonyl (C=O) groups excluding carboxylic acids is 1. The number of hydrogen-bond acceptors (Lipinski definition) is 4. The van der Waals surface area contributed by atoms with Crippen molar-refractivity contribution in [2.75, 3.05) is 7.11 Å². The molecule has 0 amide bonds. The van der Waals surface area contributed by atoms with Crippen LogP contribution in [0.3, 0.4) is 0 Å². The Morgan fingerprint density at radius 1 is 1.53 bits per heavy atom. The summed E-state index contributed by atoms with van der Waals surface area (Å²) in [6.45, 7) is 0. The van der Waals surface area contributed by atoms with Crippen molar-refractivity contribution < 1.29 is 24.2 Å². The average Bonchev–Trinajstić information content (AvgIpc) is 2.72. The minimum absolute atomic E-state index is 0.157. The van der Waals surface area contributed by atoms with Crippen LogP contribution in [0.5, 0.6) is 5.75 Å². The molecule has 0 saturated heterocycles. The maximum atomic E-state index is 11.3. The number of ether oxygens (including phenoxy) is 2. The molecule has 5 nitrogen and oxygen atoms in total. The van der Waals surface area contributed by atoms with Gasteiger partial charge >= 0.3 is 11.9 Å². The molecule has 1 unspecified atom stereocenters. The topological polar surface area (TPSA) is 72.8 Å². The molecule has 2 rings (SSSR count). The van der Waals surface area contributed by atoms with Crippen molar-refractivity contribution in [1.82, 2.24) is 0 Å². The number of carbonyl (C=O) groups is 2. The standard InChI is InChI=1S/C11H9BrO5/c1-16-11(15)8-4-5-2-6(10(13)14)3-7(12)9(5)17-8/h2-3,8H,4H2,1H3,(H,13,14). The first-order valence-corrected chi connectivity index (χ1v) is 5.62. The van der Waals surface area contributed by atoms with Gasteiger partial charge < -0.3 is 14.6 Å². The van der Waals surface area contributed by atoms with E-state index in [-0.39, 0.29) is 5.56 Å². The lowest BCUT2D eigenvalue weighted by Crippen LogP contribution is -2.26. The summed E-state index contributed by atoms with van der Waals surface area (Å²) in [6, 6.07) is 2.95. The molecular weight excluding hydrogens is 292 g/mol. The molecule has 0 fully saturated rings. The number of benzene rings is 1. The molecule has 0 bridgehead atoms. The fourth-order valence-corrected chi connectivity index (χ4v) is 2.30. The van der Waals surface area contributed by atoms with Crippen LogP contribution in [-0.2, 0) is 16.0 Å². The van der Waals surface area contributed by atoms with Gasteiger partial charge in [0.15, 0.2) is 6.10 Å². The van der Waals surface area contributed by atoms with Gasteiger partial charge in [0.25, 0.3) is 0 Å². The molecule has 1 aliphatic heterocycles. The summed E-state index contributed by atoms with van der Waals surface area (Å²) >= 11 is 3.22. The van der Waals surface area contributed by atoms with Crippen molar-refractivity contribution in [1.29, 1.82) is 0 Å². The molecule has 6 heteroatoms. The van der Waals surface area contributed by atoms with E-state index in [1.807, 2.05) is 0 Å². The molecule has 0 spiro atoms. The van der Waals surface area contributed by atoms with Crippen LogP contribution in [0.25, 0.3) is 0 Å². The predicted molar refractivity (Wildman–Crippen MR) is 61.2 cm³/mol. The highest BCUT2D eigenvalue weighted by atomic mass is 79.9. The first kappa shape index (κ1) is 11.9. The van der Waals surface area contributed by atoms with Crippen molar-refractivity contribution in [3.05, 3.63) is 27.7 Å². The highest BCUT2D eigenvalue weighted by Gasteiger charge is 2.32. The van der Waals surface area contributed by atoms with Crippen LogP contribution >= 0.6 is 15.9 Å². The molecule has 0 aromatic heterocycles. The molecule has 0 saturated carbocycles. The zero-order valence-corrected chi connectivity index (χ0v) is 10.5. The van der Waals surface area contributed by atoms with Crippen molar-refractivity contribution in [2.24, 2.45) is 0 Å². The van der Waals surface area contributed by atoms with Crippen LogP contribution < -0.4 is 4.74 Å². The Morgan fingerprint density at radius 3 is 2.82 bits per heavy atom. The van der Waals surface area contributed by atoms with Crippen LogP contribution in [0.15, 0.2) is 16.6 Å². The third kappa shape index (κ3) is 2.12. The van der Waals surface area contributed by atoms with Gasteiger partial charge in [-0.25, -0.2) is 9.59 Å². The van der Waals surface area contributed by atoms with E-state index >= 15 is 0 Å². The zero-order chi connectivity index (χ0) is 12.6. The van der Waals surface area contributed by atoms with Gasteiger partial charge in [0.2, 0.25) is 0 Å². The van der Waals surface area contributed by atoms with Crippen molar-refractivity contribution in [2.45, 2.75) is 12.5 Å². The summed E-state index contributed by atoms with van der Waals surface area (Å²) in [5, 5.41) is 8.91. The Bertz CT molecular complexity index is 497. The van der Waals surface area contributed by atoms with Crippen molar-refractivity contribution in [3.8, 4) is 5.75 Å². The van der Waals surface area contributed by atoms with E-state index in [9.17, 15) is 9.59 Å². The van der Waals surface area contributed by atoms with Crippen LogP contribution in [0.1, 0.15) is 15.9 Å². The number of halogens is 1. The van der Waals surface area contributed by atoms with Gasteiger partial charge in [-0.05, 0) is 28.1 Å². The molecule has 1 N–H and O–H groups in total. The molecule has 1 heterocycles. The van der Waals surface area contributed by atoms with Gasteiger partial charge in [-0.1, -0.05) is 0 Å². The number of carboxylic acid groups (broad SMARTS) is 1. The largest absolute Gasteiger partial charge is 0.478 e. The lowest BCUT2D eigenvalue weighted by atomic mass is 10.1. The highest BCUT2D eigenvalue weighted by Crippen LogP contribution is 2.37. The highest BCUT2D eigenvalue weighted by molar-refractivity contribution is 9.10. The second kappa shape index (κ2) is 4.37. The second-order valence-corrected chi connectivity index (χ2v) is 4.44. The molecule has 1 aliphatic rings. The monoisotopic (exact) mass is 300 g/mol. The summed E-state index contributed by atoms with van der Waals surface area (Å²) in [5.74, 6) is -0.981. The number of carboxylic acids is 1. The van der Waals surface area contributed by atoms with Gasteiger partial charge in [0.1, 0.15) is 5.75 Å². The Labute approximate surface area is 105 Å². The quantitative estimate of drug-likeness (QED) is 0.840. The van der Waals surface area contributed by atoms with E-state index in [2.05, 4.69) is 20.7 Å². The van der Waals surface area contributed by atoms with Crippen LogP contribution in [0, 0.1) is 0 Å². The first-order valence-electron chi connectivity index (χ1n) is 4.83. The van der Waals surface area contributed by atoms with Gasteiger partial charge in [0.05, 0.1) is 17.1 Å². The molecule has 1 atom stereocenters. The molecule has 90 valence electrons. The minimum atomic E-state index is -1.02. The predicted octanol–water partition coefficient (Wildman–Crippen LogP) is 1.62. The first-order chi connectivity index (χ1) is 8.02. The Balaban J connectivity index is 2.35. The van der Waals surface area contributed by atoms with Gasteiger partial charge in [0, 0.05) is 12.0 Å². The number of esters is 1.